The molecule has 0 fully saturated rings. The SMILES string of the molecule is COCCOc1ccnc2ccc(C=C3SC(N)=NC3=O)cc12. The van der Waals surface area contributed by atoms with Gasteiger partial charge in [0, 0.05) is 18.7 Å². The van der Waals surface area contributed by atoms with E-state index in [-0.39, 0.29) is 11.1 Å². The van der Waals surface area contributed by atoms with Crippen LogP contribution in [0, 0.1) is 0 Å². The van der Waals surface area contributed by atoms with Crippen molar-refractivity contribution in [3.05, 3.63) is 40.9 Å². The second-order valence-corrected chi connectivity index (χ2v) is 5.86. The van der Waals surface area contributed by atoms with Crippen LogP contribution in [-0.4, -0.2) is 36.4 Å². The molecule has 0 atom stereocenters. The molecule has 1 aromatic carbocycles. The Hall–Kier alpha value is -2.38. The molecule has 7 heteroatoms. The number of amidine groups is 1. The summed E-state index contributed by atoms with van der Waals surface area (Å²) in [6.45, 7) is 0.967. The van der Waals surface area contributed by atoms with Crippen molar-refractivity contribution in [1.82, 2.24) is 4.98 Å². The number of thioether (sulfide) groups is 1. The molecule has 0 unspecified atom stereocenters. The van der Waals surface area contributed by atoms with Gasteiger partial charge in [-0.05, 0) is 41.6 Å². The average Bonchev–Trinajstić information content (AvgIpc) is 2.85. The van der Waals surface area contributed by atoms with Crippen molar-refractivity contribution in [3.63, 3.8) is 0 Å². The number of amides is 1. The monoisotopic (exact) mass is 329 g/mol. The minimum absolute atomic E-state index is 0.271. The Labute approximate surface area is 137 Å². The third-order valence-electron chi connectivity index (χ3n) is 3.21. The molecular formula is C16H15N3O3S. The lowest BCUT2D eigenvalue weighted by atomic mass is 10.1. The molecule has 0 aliphatic carbocycles. The normalized spacial score (nSPS) is 16.1. The number of methoxy groups -OCH3 is 1. The van der Waals surface area contributed by atoms with E-state index in [9.17, 15) is 4.79 Å². The summed E-state index contributed by atoms with van der Waals surface area (Å²) in [6.07, 6.45) is 3.47. The van der Waals surface area contributed by atoms with Crippen molar-refractivity contribution in [3.8, 4) is 5.75 Å². The lowest BCUT2D eigenvalue weighted by molar-refractivity contribution is -0.113. The molecule has 118 valence electrons. The molecule has 0 spiro atoms. The molecule has 2 aromatic rings. The van der Waals surface area contributed by atoms with Gasteiger partial charge < -0.3 is 15.2 Å². The number of pyridine rings is 1. The number of ether oxygens (including phenoxy) is 2. The Morgan fingerprint density at radius 2 is 2.17 bits per heavy atom. The molecule has 2 heterocycles. The van der Waals surface area contributed by atoms with Crippen LogP contribution < -0.4 is 10.5 Å². The van der Waals surface area contributed by atoms with Crippen LogP contribution in [0.5, 0.6) is 5.75 Å². The van der Waals surface area contributed by atoms with Gasteiger partial charge in [-0.2, -0.15) is 4.99 Å². The van der Waals surface area contributed by atoms with Gasteiger partial charge in [-0.25, -0.2) is 0 Å². The largest absolute Gasteiger partial charge is 0.490 e. The van der Waals surface area contributed by atoms with Crippen LogP contribution in [0.2, 0.25) is 0 Å². The van der Waals surface area contributed by atoms with Gasteiger partial charge in [-0.3, -0.25) is 9.78 Å². The number of carbonyl (C=O) groups is 1. The van der Waals surface area contributed by atoms with Gasteiger partial charge in [0.1, 0.15) is 12.4 Å². The van der Waals surface area contributed by atoms with Crippen LogP contribution in [0.3, 0.4) is 0 Å². The lowest BCUT2D eigenvalue weighted by Gasteiger charge is -2.09. The molecule has 0 bridgehead atoms. The Balaban J connectivity index is 1.93. The summed E-state index contributed by atoms with van der Waals surface area (Å²) in [4.78, 5) is 20.2. The van der Waals surface area contributed by atoms with Gasteiger partial charge in [-0.15, -0.1) is 0 Å². The first-order valence-corrected chi connectivity index (χ1v) is 7.77. The van der Waals surface area contributed by atoms with E-state index in [0.29, 0.717) is 18.1 Å². The smallest absolute Gasteiger partial charge is 0.286 e. The van der Waals surface area contributed by atoms with Crippen molar-refractivity contribution in [1.29, 1.82) is 0 Å². The van der Waals surface area contributed by atoms with E-state index in [1.165, 1.54) is 11.8 Å². The van der Waals surface area contributed by atoms with E-state index < -0.39 is 0 Å². The summed E-state index contributed by atoms with van der Waals surface area (Å²) >= 11 is 1.17. The second kappa shape index (κ2) is 6.80. The number of nitrogens with two attached hydrogens (primary N) is 1. The van der Waals surface area contributed by atoms with E-state index in [2.05, 4.69) is 9.98 Å². The minimum Gasteiger partial charge on any atom is -0.490 e. The molecule has 2 N–H and O–H groups in total. The van der Waals surface area contributed by atoms with Crippen LogP contribution in [0.25, 0.3) is 17.0 Å². The van der Waals surface area contributed by atoms with Crippen molar-refractivity contribution in [2.45, 2.75) is 0 Å². The first kappa shape index (κ1) is 15.5. The molecule has 1 aromatic heterocycles. The highest BCUT2D eigenvalue weighted by Crippen LogP contribution is 2.29. The van der Waals surface area contributed by atoms with Gasteiger partial charge in [-0.1, -0.05) is 6.07 Å². The fraction of sp³-hybridized carbons (Fsp3) is 0.188. The second-order valence-electron chi connectivity index (χ2n) is 4.79. The molecule has 0 saturated carbocycles. The number of fused-ring (bicyclic) bond motifs is 1. The summed E-state index contributed by atoms with van der Waals surface area (Å²) in [5.41, 5.74) is 7.25. The first-order valence-electron chi connectivity index (χ1n) is 6.96. The molecule has 1 aliphatic rings. The predicted molar refractivity (Wildman–Crippen MR) is 91.3 cm³/mol. The van der Waals surface area contributed by atoms with Crippen LogP contribution >= 0.6 is 11.8 Å². The number of nitrogens with zero attached hydrogens (tertiary/aromatic N) is 2. The van der Waals surface area contributed by atoms with Gasteiger partial charge >= 0.3 is 0 Å². The Morgan fingerprint density at radius 3 is 2.91 bits per heavy atom. The first-order chi connectivity index (χ1) is 11.2. The third kappa shape index (κ3) is 3.52. The third-order valence-corrected chi connectivity index (χ3v) is 4.02. The zero-order valence-corrected chi connectivity index (χ0v) is 13.3. The highest BCUT2D eigenvalue weighted by atomic mass is 32.2. The molecule has 1 aliphatic heterocycles. The molecule has 6 nitrogen and oxygen atoms in total. The number of benzene rings is 1. The van der Waals surface area contributed by atoms with Crippen molar-refractivity contribution in [2.75, 3.05) is 20.3 Å². The fourth-order valence-electron chi connectivity index (χ4n) is 2.17. The van der Waals surface area contributed by atoms with Crippen LogP contribution in [0.15, 0.2) is 40.4 Å². The minimum atomic E-state index is -0.310. The van der Waals surface area contributed by atoms with Crippen LogP contribution in [0.4, 0.5) is 0 Å². The van der Waals surface area contributed by atoms with E-state index in [0.717, 1.165) is 22.2 Å². The molecule has 0 saturated heterocycles. The number of aliphatic imine (C=N–C) groups is 1. The molecular weight excluding hydrogens is 314 g/mol. The Morgan fingerprint density at radius 1 is 1.30 bits per heavy atom. The molecule has 1 amide bonds. The lowest BCUT2D eigenvalue weighted by Crippen LogP contribution is -2.04. The standard InChI is InChI=1S/C16H15N3O3S/c1-21-6-7-22-13-4-5-18-12-3-2-10(8-11(12)13)9-14-15(20)19-16(17)23-14/h2-5,8-9H,6-7H2,1H3,(H2,17,19,20). The highest BCUT2D eigenvalue weighted by Gasteiger charge is 2.19. The Kier molecular flexibility index (Phi) is 4.59. The Bertz CT molecular complexity index is 817. The summed E-state index contributed by atoms with van der Waals surface area (Å²) in [7, 11) is 1.63. The van der Waals surface area contributed by atoms with Gasteiger partial charge in [0.25, 0.3) is 5.91 Å². The maximum atomic E-state index is 11.7. The number of hydrogen-bond donors (Lipinski definition) is 1. The van der Waals surface area contributed by atoms with Gasteiger partial charge in [0.2, 0.25) is 0 Å². The number of carbonyl (C=O) groups excluding carboxylic acids is 1. The number of aromatic nitrogens is 1. The maximum absolute atomic E-state index is 11.7. The average molecular weight is 329 g/mol. The molecule has 3 rings (SSSR count). The van der Waals surface area contributed by atoms with Gasteiger partial charge in [0.05, 0.1) is 17.0 Å². The highest BCUT2D eigenvalue weighted by molar-refractivity contribution is 8.18. The zero-order chi connectivity index (χ0) is 16.2. The summed E-state index contributed by atoms with van der Waals surface area (Å²) in [5.74, 6) is 0.420. The van der Waals surface area contributed by atoms with Crippen molar-refractivity contribution >= 4 is 39.8 Å². The van der Waals surface area contributed by atoms with E-state index >= 15 is 0 Å². The zero-order valence-electron chi connectivity index (χ0n) is 12.5. The van der Waals surface area contributed by atoms with Crippen LogP contribution in [-0.2, 0) is 9.53 Å². The summed E-state index contributed by atoms with van der Waals surface area (Å²) < 4.78 is 10.7. The summed E-state index contributed by atoms with van der Waals surface area (Å²) in [6, 6.07) is 7.52. The number of rotatable bonds is 5. The number of hydrogen-bond acceptors (Lipinski definition) is 6. The predicted octanol–water partition coefficient (Wildman–Crippen LogP) is 2.19. The van der Waals surface area contributed by atoms with E-state index in [4.69, 9.17) is 15.2 Å². The maximum Gasteiger partial charge on any atom is 0.286 e. The fourth-order valence-corrected chi connectivity index (χ4v) is 2.85. The van der Waals surface area contributed by atoms with Crippen molar-refractivity contribution < 1.29 is 14.3 Å². The van der Waals surface area contributed by atoms with E-state index in [1.807, 2.05) is 24.3 Å². The van der Waals surface area contributed by atoms with E-state index in [1.54, 1.807) is 19.4 Å². The molecule has 0 radical (unpaired) electrons. The van der Waals surface area contributed by atoms with Crippen molar-refractivity contribution in [2.24, 2.45) is 10.7 Å². The topological polar surface area (TPSA) is 86.8 Å². The molecule has 23 heavy (non-hydrogen) atoms. The van der Waals surface area contributed by atoms with Crippen LogP contribution in [0.1, 0.15) is 5.56 Å². The quantitative estimate of drug-likeness (QED) is 0.668. The van der Waals surface area contributed by atoms with Gasteiger partial charge in [0.15, 0.2) is 5.17 Å². The summed E-state index contributed by atoms with van der Waals surface area (Å²) in [5, 5.41) is 1.15.